The Labute approximate surface area is 199 Å². The minimum Gasteiger partial charge on any atom is -0.465 e. The van der Waals surface area contributed by atoms with E-state index in [-0.39, 0.29) is 25.1 Å². The van der Waals surface area contributed by atoms with Gasteiger partial charge in [-0.15, -0.1) is 0 Å². The summed E-state index contributed by atoms with van der Waals surface area (Å²) in [6, 6.07) is 8.49. The molecule has 1 heterocycles. The highest BCUT2D eigenvalue weighted by atomic mass is 35.5. The molecular formula is C23H32ClN5O4. The molecule has 0 bridgehead atoms. The molecule has 9 nitrogen and oxygen atoms in total. The van der Waals surface area contributed by atoms with Crippen LogP contribution < -0.4 is 10.6 Å². The van der Waals surface area contributed by atoms with Gasteiger partial charge in [0.15, 0.2) is 0 Å². The third-order valence-corrected chi connectivity index (χ3v) is 4.95. The number of para-hydroxylation sites is 1. The summed E-state index contributed by atoms with van der Waals surface area (Å²) in [6.45, 7) is 9.77. The van der Waals surface area contributed by atoms with E-state index < -0.39 is 17.9 Å². The Kier molecular flexibility index (Phi) is 9.28. The van der Waals surface area contributed by atoms with Crippen LogP contribution in [0.15, 0.2) is 30.3 Å². The molecule has 0 spiro atoms. The zero-order valence-electron chi connectivity index (χ0n) is 19.8. The molecule has 0 saturated heterocycles. The van der Waals surface area contributed by atoms with Gasteiger partial charge in [0.25, 0.3) is 0 Å². The maximum absolute atomic E-state index is 12.9. The first-order valence-electron chi connectivity index (χ1n) is 10.9. The minimum absolute atomic E-state index is 0.193. The SMILES string of the molecule is CCCN(CC(=O)Nc1cc(C(C)(C)C)nn1-c1ccccc1Cl)C(=O)NCC(=O)OCC. The Balaban J connectivity index is 2.20. The van der Waals surface area contributed by atoms with E-state index in [1.165, 1.54) is 4.90 Å². The molecule has 0 aliphatic heterocycles. The predicted molar refractivity (Wildman–Crippen MR) is 128 cm³/mol. The number of amides is 3. The molecule has 0 atom stereocenters. The van der Waals surface area contributed by atoms with Gasteiger partial charge >= 0.3 is 12.0 Å². The van der Waals surface area contributed by atoms with Gasteiger partial charge in [0.2, 0.25) is 5.91 Å². The number of carbonyl (C=O) groups excluding carboxylic acids is 3. The summed E-state index contributed by atoms with van der Waals surface area (Å²) in [7, 11) is 0. The molecule has 33 heavy (non-hydrogen) atoms. The molecule has 0 radical (unpaired) electrons. The molecule has 1 aromatic heterocycles. The second-order valence-electron chi connectivity index (χ2n) is 8.46. The molecule has 0 aliphatic rings. The van der Waals surface area contributed by atoms with E-state index in [1.54, 1.807) is 23.7 Å². The number of urea groups is 1. The number of nitrogens with one attached hydrogen (secondary N) is 2. The molecule has 2 aromatic rings. The molecule has 180 valence electrons. The van der Waals surface area contributed by atoms with E-state index in [9.17, 15) is 14.4 Å². The van der Waals surface area contributed by atoms with Crippen molar-refractivity contribution in [3.05, 3.63) is 41.0 Å². The normalized spacial score (nSPS) is 11.1. The van der Waals surface area contributed by atoms with Crippen molar-refractivity contribution < 1.29 is 19.1 Å². The summed E-state index contributed by atoms with van der Waals surface area (Å²) in [6.07, 6.45) is 0.645. The first kappa shape index (κ1) is 26.2. The van der Waals surface area contributed by atoms with Gasteiger partial charge in [-0.05, 0) is 25.5 Å². The maximum atomic E-state index is 12.9. The lowest BCUT2D eigenvalue weighted by Crippen LogP contribution is -2.46. The molecule has 1 aromatic carbocycles. The molecule has 3 amide bonds. The Morgan fingerprint density at radius 2 is 1.88 bits per heavy atom. The Hall–Kier alpha value is -3.07. The molecular weight excluding hydrogens is 446 g/mol. The van der Waals surface area contributed by atoms with Crippen molar-refractivity contribution in [1.29, 1.82) is 0 Å². The molecule has 0 unspecified atom stereocenters. The average Bonchev–Trinajstić information content (AvgIpc) is 3.16. The number of halogens is 1. The van der Waals surface area contributed by atoms with E-state index in [4.69, 9.17) is 16.3 Å². The van der Waals surface area contributed by atoms with Crippen molar-refractivity contribution in [3.63, 3.8) is 0 Å². The Bertz CT molecular complexity index is 983. The lowest BCUT2D eigenvalue weighted by Gasteiger charge is -2.22. The van der Waals surface area contributed by atoms with Crippen molar-refractivity contribution in [3.8, 4) is 5.69 Å². The number of benzene rings is 1. The van der Waals surface area contributed by atoms with Crippen LogP contribution in [0.5, 0.6) is 0 Å². The average molecular weight is 478 g/mol. The van der Waals surface area contributed by atoms with Crippen LogP contribution in [0.3, 0.4) is 0 Å². The molecule has 0 aliphatic carbocycles. The molecule has 0 fully saturated rings. The second kappa shape index (κ2) is 11.7. The van der Waals surface area contributed by atoms with E-state index >= 15 is 0 Å². The second-order valence-corrected chi connectivity index (χ2v) is 8.87. The highest BCUT2D eigenvalue weighted by Crippen LogP contribution is 2.29. The summed E-state index contributed by atoms with van der Waals surface area (Å²) in [5.74, 6) is -0.491. The van der Waals surface area contributed by atoms with Crippen molar-refractivity contribution in [2.24, 2.45) is 0 Å². The summed E-state index contributed by atoms with van der Waals surface area (Å²) < 4.78 is 6.40. The van der Waals surface area contributed by atoms with Crippen molar-refractivity contribution in [2.75, 3.05) is 31.6 Å². The molecule has 2 rings (SSSR count). The van der Waals surface area contributed by atoms with Gasteiger partial charge in [-0.1, -0.05) is 51.4 Å². The van der Waals surface area contributed by atoms with Crippen LogP contribution in [0.1, 0.15) is 46.7 Å². The van der Waals surface area contributed by atoms with E-state index in [0.717, 1.165) is 5.69 Å². The number of nitrogens with zero attached hydrogens (tertiary/aromatic N) is 3. The van der Waals surface area contributed by atoms with Crippen LogP contribution in [-0.4, -0.2) is 58.8 Å². The summed E-state index contributed by atoms with van der Waals surface area (Å²) in [4.78, 5) is 38.2. The number of carbonyl (C=O) groups is 3. The number of ether oxygens (including phenoxy) is 1. The van der Waals surface area contributed by atoms with E-state index in [2.05, 4.69) is 15.7 Å². The molecule has 2 N–H and O–H groups in total. The van der Waals surface area contributed by atoms with E-state index in [1.807, 2.05) is 45.9 Å². The largest absolute Gasteiger partial charge is 0.465 e. The van der Waals surface area contributed by atoms with Crippen molar-refractivity contribution in [1.82, 2.24) is 20.0 Å². The van der Waals surface area contributed by atoms with Crippen LogP contribution in [0, 0.1) is 0 Å². The van der Waals surface area contributed by atoms with Gasteiger partial charge < -0.3 is 20.3 Å². The number of esters is 1. The monoisotopic (exact) mass is 477 g/mol. The van der Waals surface area contributed by atoms with Gasteiger partial charge in [0, 0.05) is 18.0 Å². The first-order valence-corrected chi connectivity index (χ1v) is 11.3. The van der Waals surface area contributed by atoms with Gasteiger partial charge in [-0.2, -0.15) is 5.10 Å². The topological polar surface area (TPSA) is 106 Å². The van der Waals surface area contributed by atoms with Gasteiger partial charge in [0.1, 0.15) is 18.9 Å². The van der Waals surface area contributed by atoms with Crippen molar-refractivity contribution >= 4 is 35.3 Å². The van der Waals surface area contributed by atoms with Gasteiger partial charge in [-0.25, -0.2) is 9.48 Å². The lowest BCUT2D eigenvalue weighted by atomic mass is 9.92. The summed E-state index contributed by atoms with van der Waals surface area (Å²) in [5.41, 5.74) is 1.14. The number of hydrogen-bond donors (Lipinski definition) is 2. The smallest absolute Gasteiger partial charge is 0.325 e. The van der Waals surface area contributed by atoms with Crippen molar-refractivity contribution in [2.45, 2.75) is 46.5 Å². The third-order valence-electron chi connectivity index (χ3n) is 4.63. The number of aromatic nitrogens is 2. The molecule has 10 heteroatoms. The highest BCUT2D eigenvalue weighted by Gasteiger charge is 2.23. The van der Waals surface area contributed by atoms with Crippen LogP contribution in [0.2, 0.25) is 5.02 Å². The zero-order valence-corrected chi connectivity index (χ0v) is 20.5. The number of rotatable bonds is 9. The quantitative estimate of drug-likeness (QED) is 0.535. The third kappa shape index (κ3) is 7.49. The summed E-state index contributed by atoms with van der Waals surface area (Å²) >= 11 is 6.37. The minimum atomic E-state index is -0.537. The molecule has 0 saturated carbocycles. The van der Waals surface area contributed by atoms with Crippen LogP contribution in [-0.2, 0) is 19.7 Å². The van der Waals surface area contributed by atoms with Crippen LogP contribution in [0.25, 0.3) is 5.69 Å². The summed E-state index contributed by atoms with van der Waals surface area (Å²) in [5, 5.41) is 10.5. The maximum Gasteiger partial charge on any atom is 0.325 e. The standard InChI is InChI=1S/C23H32ClN5O4/c1-6-12-28(22(32)25-14-21(31)33-7-2)15-20(30)26-19-13-18(23(3,4)5)27-29(19)17-11-9-8-10-16(17)24/h8-11,13H,6-7,12,14-15H2,1-5H3,(H,25,32)(H,26,30). The van der Waals surface area contributed by atoms with Crippen LogP contribution >= 0.6 is 11.6 Å². The fourth-order valence-corrected chi connectivity index (χ4v) is 3.21. The number of hydrogen-bond acceptors (Lipinski definition) is 5. The fourth-order valence-electron chi connectivity index (χ4n) is 2.99. The van der Waals surface area contributed by atoms with Gasteiger partial charge in [0.05, 0.1) is 23.0 Å². The highest BCUT2D eigenvalue weighted by molar-refractivity contribution is 6.32. The fraction of sp³-hybridized carbons (Fsp3) is 0.478. The zero-order chi connectivity index (χ0) is 24.6. The Morgan fingerprint density at radius 1 is 1.18 bits per heavy atom. The van der Waals surface area contributed by atoms with E-state index in [0.29, 0.717) is 29.5 Å². The van der Waals surface area contributed by atoms with Crippen LogP contribution in [0.4, 0.5) is 10.6 Å². The number of anilines is 1. The Morgan fingerprint density at radius 3 is 2.48 bits per heavy atom. The lowest BCUT2D eigenvalue weighted by molar-refractivity contribution is -0.141. The predicted octanol–water partition coefficient (Wildman–Crippen LogP) is 3.75. The first-order chi connectivity index (χ1) is 15.6. The van der Waals surface area contributed by atoms with Gasteiger partial charge in [-0.3, -0.25) is 9.59 Å².